The zero-order valence-corrected chi connectivity index (χ0v) is 9.48. The van der Waals surface area contributed by atoms with E-state index in [9.17, 15) is 4.79 Å². The van der Waals surface area contributed by atoms with Crippen molar-refractivity contribution in [3.8, 4) is 0 Å². The van der Waals surface area contributed by atoms with Gasteiger partial charge in [-0.15, -0.1) is 0 Å². The Morgan fingerprint density at radius 3 is 2.88 bits per heavy atom. The van der Waals surface area contributed by atoms with Gasteiger partial charge in [-0.2, -0.15) is 0 Å². The van der Waals surface area contributed by atoms with Crippen LogP contribution in [0.4, 0.5) is 0 Å². The zero-order chi connectivity index (χ0) is 11.0. The fourth-order valence-electron chi connectivity index (χ4n) is 3.03. The first-order valence-corrected chi connectivity index (χ1v) is 6.18. The Labute approximate surface area is 96.3 Å². The van der Waals surface area contributed by atoms with E-state index in [1.165, 1.54) is 30.4 Å². The minimum atomic E-state index is 0.406. The molecule has 2 heteroatoms. The maximum atomic E-state index is 11.4. The maximum Gasteiger partial charge on any atom is 0.148 e. The van der Waals surface area contributed by atoms with Gasteiger partial charge in [-0.3, -0.25) is 9.69 Å². The molecule has 1 aliphatic carbocycles. The van der Waals surface area contributed by atoms with Gasteiger partial charge in [0.15, 0.2) is 0 Å². The number of benzene rings is 1. The fraction of sp³-hybridized carbons (Fsp3) is 0.500. The van der Waals surface area contributed by atoms with Crippen LogP contribution in [0.15, 0.2) is 24.3 Å². The van der Waals surface area contributed by atoms with Crippen molar-refractivity contribution in [3.05, 3.63) is 35.4 Å². The third kappa shape index (κ3) is 1.67. The molecule has 0 amide bonds. The maximum absolute atomic E-state index is 11.4. The number of carbonyl (C=O) groups excluding carboxylic acids is 1. The molecule has 1 saturated heterocycles. The molecule has 3 rings (SSSR count). The molecular weight excluding hydrogens is 198 g/mol. The summed E-state index contributed by atoms with van der Waals surface area (Å²) in [7, 11) is 0. The van der Waals surface area contributed by atoms with Crippen molar-refractivity contribution >= 4 is 5.78 Å². The summed E-state index contributed by atoms with van der Waals surface area (Å²) in [4.78, 5) is 13.7. The van der Waals surface area contributed by atoms with Gasteiger partial charge in [0.1, 0.15) is 5.78 Å². The summed E-state index contributed by atoms with van der Waals surface area (Å²) in [5.74, 6) is 0.406. The van der Waals surface area contributed by atoms with Gasteiger partial charge >= 0.3 is 0 Å². The van der Waals surface area contributed by atoms with E-state index >= 15 is 0 Å². The average molecular weight is 215 g/mol. The summed E-state index contributed by atoms with van der Waals surface area (Å²) in [6.45, 7) is 1.62. The van der Waals surface area contributed by atoms with Crippen molar-refractivity contribution in [2.24, 2.45) is 0 Å². The Morgan fingerprint density at radius 2 is 2.06 bits per heavy atom. The number of hydrogen-bond donors (Lipinski definition) is 0. The summed E-state index contributed by atoms with van der Waals surface area (Å²) < 4.78 is 0. The Hall–Kier alpha value is -1.15. The molecule has 2 nitrogen and oxygen atoms in total. The van der Waals surface area contributed by atoms with Gasteiger partial charge < -0.3 is 0 Å². The number of carbonyl (C=O) groups is 1. The van der Waals surface area contributed by atoms with Gasteiger partial charge in [-0.25, -0.2) is 0 Å². The smallest absolute Gasteiger partial charge is 0.148 e. The highest BCUT2D eigenvalue weighted by Crippen LogP contribution is 2.35. The van der Waals surface area contributed by atoms with E-state index in [0.717, 1.165) is 13.0 Å². The van der Waals surface area contributed by atoms with Crippen LogP contribution in [0.2, 0.25) is 0 Å². The Balaban J connectivity index is 1.90. The number of likely N-dealkylation sites (tertiary alicyclic amines) is 1. The van der Waals surface area contributed by atoms with Crippen molar-refractivity contribution in [2.75, 3.05) is 13.1 Å². The molecule has 1 fully saturated rings. The van der Waals surface area contributed by atoms with Gasteiger partial charge in [-0.05, 0) is 30.4 Å². The van der Waals surface area contributed by atoms with Crippen LogP contribution < -0.4 is 0 Å². The van der Waals surface area contributed by atoms with Crippen molar-refractivity contribution in [3.63, 3.8) is 0 Å². The predicted octanol–water partition coefficient (Wildman–Crippen LogP) is 2.34. The lowest BCUT2D eigenvalue weighted by Gasteiger charge is -2.32. The Kier molecular flexibility index (Phi) is 2.52. The molecule has 1 heterocycles. The first-order chi connectivity index (χ1) is 7.84. The summed E-state index contributed by atoms with van der Waals surface area (Å²) in [5.41, 5.74) is 2.95. The van der Waals surface area contributed by atoms with E-state index in [0.29, 0.717) is 18.4 Å². The van der Waals surface area contributed by atoms with Crippen LogP contribution in [-0.2, 0) is 11.2 Å². The SMILES string of the molecule is O=C1CCN(C2CCCc3ccccc32)C1. The molecule has 0 spiro atoms. The Bertz CT molecular complexity index is 413. The minimum absolute atomic E-state index is 0.406. The summed E-state index contributed by atoms with van der Waals surface area (Å²) >= 11 is 0. The largest absolute Gasteiger partial charge is 0.298 e. The first kappa shape index (κ1) is 10.0. The minimum Gasteiger partial charge on any atom is -0.298 e. The molecule has 84 valence electrons. The Morgan fingerprint density at radius 1 is 1.19 bits per heavy atom. The normalized spacial score (nSPS) is 25.8. The fourth-order valence-corrected chi connectivity index (χ4v) is 3.03. The number of hydrogen-bond acceptors (Lipinski definition) is 2. The second kappa shape index (κ2) is 4.02. The van der Waals surface area contributed by atoms with Crippen LogP contribution >= 0.6 is 0 Å². The summed E-state index contributed by atoms with van der Waals surface area (Å²) in [5, 5.41) is 0. The lowest BCUT2D eigenvalue weighted by Crippen LogP contribution is -2.29. The standard InChI is InChI=1S/C14H17NO/c16-12-8-9-15(10-12)14-7-3-5-11-4-1-2-6-13(11)14/h1-2,4,6,14H,3,5,7-10H2. The predicted molar refractivity (Wildman–Crippen MR) is 63.3 cm³/mol. The van der Waals surface area contributed by atoms with E-state index in [1.54, 1.807) is 0 Å². The molecule has 1 unspecified atom stereocenters. The van der Waals surface area contributed by atoms with Gasteiger partial charge in [0.25, 0.3) is 0 Å². The molecule has 16 heavy (non-hydrogen) atoms. The van der Waals surface area contributed by atoms with Gasteiger partial charge in [0, 0.05) is 19.0 Å². The highest BCUT2D eigenvalue weighted by Gasteiger charge is 2.30. The molecule has 0 aromatic heterocycles. The third-order valence-electron chi connectivity index (χ3n) is 3.84. The molecule has 0 radical (unpaired) electrons. The van der Waals surface area contributed by atoms with Gasteiger partial charge in [-0.1, -0.05) is 24.3 Å². The molecule has 0 bridgehead atoms. The number of ketones is 1. The highest BCUT2D eigenvalue weighted by molar-refractivity contribution is 5.82. The second-order valence-electron chi connectivity index (χ2n) is 4.87. The second-order valence-corrected chi connectivity index (χ2v) is 4.87. The summed E-state index contributed by atoms with van der Waals surface area (Å²) in [6.07, 6.45) is 4.42. The van der Waals surface area contributed by atoms with E-state index in [2.05, 4.69) is 29.2 Å². The van der Waals surface area contributed by atoms with Crippen LogP contribution in [0.5, 0.6) is 0 Å². The zero-order valence-electron chi connectivity index (χ0n) is 9.48. The van der Waals surface area contributed by atoms with Crippen LogP contribution in [-0.4, -0.2) is 23.8 Å². The van der Waals surface area contributed by atoms with Crippen LogP contribution in [0.3, 0.4) is 0 Å². The van der Waals surface area contributed by atoms with Gasteiger partial charge in [0.05, 0.1) is 6.54 Å². The number of aryl methyl sites for hydroxylation is 1. The van der Waals surface area contributed by atoms with Crippen molar-refractivity contribution in [1.82, 2.24) is 4.90 Å². The highest BCUT2D eigenvalue weighted by atomic mass is 16.1. The van der Waals surface area contributed by atoms with Crippen LogP contribution in [0, 0.1) is 0 Å². The number of nitrogens with zero attached hydrogens (tertiary/aromatic N) is 1. The topological polar surface area (TPSA) is 20.3 Å². The quantitative estimate of drug-likeness (QED) is 0.716. The molecule has 1 aromatic rings. The van der Waals surface area contributed by atoms with Crippen molar-refractivity contribution < 1.29 is 4.79 Å². The third-order valence-corrected chi connectivity index (χ3v) is 3.84. The molecule has 0 saturated carbocycles. The van der Waals surface area contributed by atoms with E-state index in [1.807, 2.05) is 0 Å². The van der Waals surface area contributed by atoms with E-state index in [-0.39, 0.29) is 0 Å². The molecule has 1 atom stereocenters. The van der Waals surface area contributed by atoms with E-state index < -0.39 is 0 Å². The lowest BCUT2D eigenvalue weighted by atomic mass is 9.87. The number of rotatable bonds is 1. The summed E-state index contributed by atoms with van der Waals surface area (Å²) in [6, 6.07) is 9.21. The van der Waals surface area contributed by atoms with Gasteiger partial charge in [0.2, 0.25) is 0 Å². The lowest BCUT2D eigenvalue weighted by molar-refractivity contribution is -0.117. The molecule has 2 aliphatic rings. The average Bonchev–Trinajstić information content (AvgIpc) is 2.75. The number of fused-ring (bicyclic) bond motifs is 1. The molecule has 0 N–H and O–H groups in total. The monoisotopic (exact) mass is 215 g/mol. The first-order valence-electron chi connectivity index (χ1n) is 6.18. The van der Waals surface area contributed by atoms with E-state index in [4.69, 9.17) is 0 Å². The van der Waals surface area contributed by atoms with Crippen LogP contribution in [0.25, 0.3) is 0 Å². The molecule has 1 aromatic carbocycles. The van der Waals surface area contributed by atoms with Crippen molar-refractivity contribution in [2.45, 2.75) is 31.7 Å². The van der Waals surface area contributed by atoms with Crippen LogP contribution in [0.1, 0.15) is 36.4 Å². The molecule has 1 aliphatic heterocycles. The molecular formula is C14H17NO. The number of Topliss-reactive ketones (excluding diaryl/α,β-unsaturated/α-hetero) is 1. The van der Waals surface area contributed by atoms with Crippen molar-refractivity contribution in [1.29, 1.82) is 0 Å².